The van der Waals surface area contributed by atoms with E-state index in [1.807, 2.05) is 45.3 Å². The van der Waals surface area contributed by atoms with Crippen LogP contribution in [-0.2, 0) is 11.8 Å². The molecule has 2 unspecified atom stereocenters. The molecule has 0 aromatic carbocycles. The van der Waals surface area contributed by atoms with Crippen LogP contribution in [0.25, 0.3) is 0 Å². The van der Waals surface area contributed by atoms with Gasteiger partial charge in [0, 0.05) is 25.5 Å². The number of aromatic nitrogens is 1. The minimum absolute atomic E-state index is 0.0592. The summed E-state index contributed by atoms with van der Waals surface area (Å²) in [4.78, 5) is 16.3. The summed E-state index contributed by atoms with van der Waals surface area (Å²) >= 11 is 0. The van der Waals surface area contributed by atoms with Crippen molar-refractivity contribution in [3.05, 3.63) is 36.2 Å². The number of carbonyl (C=O) groups is 1. The van der Waals surface area contributed by atoms with Crippen LogP contribution in [0.15, 0.2) is 35.5 Å². The predicted octanol–water partition coefficient (Wildman–Crippen LogP) is 0.987. The van der Waals surface area contributed by atoms with Crippen molar-refractivity contribution < 1.29 is 4.79 Å². The fourth-order valence-corrected chi connectivity index (χ4v) is 2.02. The number of nitrogens with zero attached hydrogens (tertiary/aromatic N) is 3. The van der Waals surface area contributed by atoms with Crippen molar-refractivity contribution in [2.45, 2.75) is 33.0 Å². The van der Waals surface area contributed by atoms with Gasteiger partial charge in [0.05, 0.1) is 6.04 Å². The van der Waals surface area contributed by atoms with Gasteiger partial charge in [-0.3, -0.25) is 4.79 Å². The molecule has 116 valence electrons. The van der Waals surface area contributed by atoms with Gasteiger partial charge in [0.25, 0.3) is 0 Å². The quantitative estimate of drug-likeness (QED) is 0.598. The highest BCUT2D eigenvalue weighted by Crippen LogP contribution is 2.15. The van der Waals surface area contributed by atoms with E-state index in [9.17, 15) is 4.79 Å². The van der Waals surface area contributed by atoms with Crippen LogP contribution >= 0.6 is 0 Å². The zero-order chi connectivity index (χ0) is 15.8. The first-order chi connectivity index (χ1) is 10.1. The maximum Gasteiger partial charge on any atom is 0.211 e. The molecule has 0 saturated carbocycles. The van der Waals surface area contributed by atoms with Crippen LogP contribution in [-0.4, -0.2) is 40.6 Å². The molecule has 3 N–H and O–H groups in total. The average molecular weight is 291 g/mol. The zero-order valence-corrected chi connectivity index (χ0v) is 13.2. The van der Waals surface area contributed by atoms with Crippen LogP contribution in [0.3, 0.4) is 0 Å². The normalized spacial score (nSPS) is 21.9. The van der Waals surface area contributed by atoms with Crippen LogP contribution in [0.1, 0.15) is 19.5 Å². The molecule has 1 aromatic rings. The minimum atomic E-state index is -0.146. The summed E-state index contributed by atoms with van der Waals surface area (Å²) in [6.07, 6.45) is 6.60. The number of rotatable bonds is 1. The van der Waals surface area contributed by atoms with Crippen molar-refractivity contribution >= 4 is 12.4 Å². The Bertz CT molecular complexity index is 489. The molecule has 2 aliphatic heterocycles. The first kappa shape index (κ1) is 16.8. The van der Waals surface area contributed by atoms with Crippen LogP contribution < -0.4 is 11.1 Å². The van der Waals surface area contributed by atoms with Crippen molar-refractivity contribution in [3.8, 4) is 0 Å². The first-order valence-electron chi connectivity index (χ1n) is 7.17. The summed E-state index contributed by atoms with van der Waals surface area (Å²) in [7, 11) is 2.04. The first-order valence-corrected chi connectivity index (χ1v) is 7.17. The maximum atomic E-state index is 10.6. The Balaban J connectivity index is 0.000000210. The molecule has 21 heavy (non-hydrogen) atoms. The Morgan fingerprint density at radius 3 is 2.67 bits per heavy atom. The van der Waals surface area contributed by atoms with Crippen LogP contribution in [0, 0.1) is 6.92 Å². The van der Waals surface area contributed by atoms with Gasteiger partial charge in [0.1, 0.15) is 0 Å². The predicted molar refractivity (Wildman–Crippen MR) is 85.7 cm³/mol. The molecule has 0 radical (unpaired) electrons. The van der Waals surface area contributed by atoms with E-state index in [-0.39, 0.29) is 12.2 Å². The van der Waals surface area contributed by atoms with Gasteiger partial charge in [0.15, 0.2) is 12.1 Å². The number of amides is 1. The van der Waals surface area contributed by atoms with E-state index in [0.29, 0.717) is 12.5 Å². The molecule has 6 heteroatoms. The fraction of sp³-hybridized carbons (Fsp3) is 0.467. The number of aliphatic imine (C=N–C) groups is 1. The summed E-state index contributed by atoms with van der Waals surface area (Å²) in [5.41, 5.74) is 6.78. The smallest absolute Gasteiger partial charge is 0.211 e. The third kappa shape index (κ3) is 4.37. The second-order valence-corrected chi connectivity index (χ2v) is 4.59. The van der Waals surface area contributed by atoms with Gasteiger partial charge in [-0.25, -0.2) is 4.99 Å². The number of guanidine groups is 1. The van der Waals surface area contributed by atoms with Crippen LogP contribution in [0.2, 0.25) is 0 Å². The third-order valence-corrected chi connectivity index (χ3v) is 3.25. The van der Waals surface area contributed by atoms with E-state index in [1.165, 1.54) is 5.69 Å². The largest absolute Gasteiger partial charge is 0.370 e. The van der Waals surface area contributed by atoms with E-state index < -0.39 is 0 Å². The summed E-state index contributed by atoms with van der Waals surface area (Å²) in [6.45, 7) is 6.70. The lowest BCUT2D eigenvalue weighted by atomic mass is 10.1. The monoisotopic (exact) mass is 291 g/mol. The Morgan fingerprint density at radius 1 is 1.48 bits per heavy atom. The van der Waals surface area contributed by atoms with E-state index in [0.717, 1.165) is 6.41 Å². The lowest BCUT2D eigenvalue weighted by Crippen LogP contribution is -2.46. The molecule has 2 atom stereocenters. The molecule has 2 aliphatic rings. The van der Waals surface area contributed by atoms with Gasteiger partial charge in [-0.05, 0) is 19.1 Å². The number of nitrogens with one attached hydrogen (secondary N) is 1. The zero-order valence-electron chi connectivity index (χ0n) is 13.2. The number of carbonyl (C=O) groups excluding carboxylic acids is 1. The Hall–Kier alpha value is -2.24. The van der Waals surface area contributed by atoms with Crippen molar-refractivity contribution in [2.24, 2.45) is 17.8 Å². The van der Waals surface area contributed by atoms with Gasteiger partial charge in [-0.1, -0.05) is 26.0 Å². The Labute approximate surface area is 126 Å². The van der Waals surface area contributed by atoms with E-state index in [1.54, 1.807) is 4.90 Å². The van der Waals surface area contributed by atoms with Crippen molar-refractivity contribution in [1.29, 1.82) is 0 Å². The third-order valence-electron chi connectivity index (χ3n) is 3.25. The topological polar surface area (TPSA) is 75.7 Å². The lowest BCUT2D eigenvalue weighted by molar-refractivity contribution is -0.119. The molecule has 3 heterocycles. The van der Waals surface area contributed by atoms with Crippen molar-refractivity contribution in [3.63, 3.8) is 0 Å². The minimum Gasteiger partial charge on any atom is -0.370 e. The van der Waals surface area contributed by atoms with E-state index in [4.69, 9.17) is 5.73 Å². The molecule has 1 aromatic heterocycles. The molecule has 0 saturated heterocycles. The summed E-state index contributed by atoms with van der Waals surface area (Å²) in [5.74, 6) is 0.406. The molecule has 0 fully saturated rings. The number of aryl methyl sites for hydroxylation is 2. The van der Waals surface area contributed by atoms with E-state index >= 15 is 0 Å². The molecule has 6 nitrogen and oxygen atoms in total. The number of hydrogen-bond acceptors (Lipinski definition) is 4. The molecule has 3 rings (SSSR count). The second kappa shape index (κ2) is 8.14. The highest BCUT2D eigenvalue weighted by Gasteiger charge is 2.31. The Morgan fingerprint density at radius 2 is 2.19 bits per heavy atom. The second-order valence-electron chi connectivity index (χ2n) is 4.59. The van der Waals surface area contributed by atoms with Gasteiger partial charge in [-0.15, -0.1) is 0 Å². The molecule has 1 amide bonds. The molecule has 0 bridgehead atoms. The summed E-state index contributed by atoms with van der Waals surface area (Å²) in [5, 5.41) is 2.96. The molecular formula is C15H25N5O. The molecule has 0 aliphatic carbocycles. The number of hydrogen-bond donors (Lipinski definition) is 2. The molecular weight excluding hydrogens is 266 g/mol. The van der Waals surface area contributed by atoms with Crippen LogP contribution in [0.5, 0.6) is 0 Å². The number of nitrogens with two attached hydrogens (primary N) is 1. The SMILES string of the molecule is CC.Cc1cccn1C.NC1=NC2C(C=CCN2C=O)N1. The highest BCUT2D eigenvalue weighted by molar-refractivity contribution is 5.81. The van der Waals surface area contributed by atoms with Gasteiger partial charge < -0.3 is 20.5 Å². The van der Waals surface area contributed by atoms with Crippen LogP contribution in [0.4, 0.5) is 0 Å². The average Bonchev–Trinajstić information content (AvgIpc) is 3.06. The molecule has 0 spiro atoms. The highest BCUT2D eigenvalue weighted by atomic mass is 16.1. The standard InChI is InChI=1S/C7H10N4O.C6H9N.C2H6/c8-7-9-5-2-1-3-11(4-12)6(5)10-7;1-6-4-3-5-7(6)2;1-2/h1-2,4-6H,3H2,(H3,8,9,10);3-5H,1-2H3;1-2H3. The van der Waals surface area contributed by atoms with Gasteiger partial charge >= 0.3 is 0 Å². The maximum absolute atomic E-state index is 10.6. The number of fused-ring (bicyclic) bond motifs is 1. The fourth-order valence-electron chi connectivity index (χ4n) is 2.02. The lowest BCUT2D eigenvalue weighted by Gasteiger charge is -2.28. The van der Waals surface area contributed by atoms with Gasteiger partial charge in [0.2, 0.25) is 6.41 Å². The van der Waals surface area contributed by atoms with E-state index in [2.05, 4.69) is 27.9 Å². The Kier molecular flexibility index (Phi) is 6.52. The van der Waals surface area contributed by atoms with Crippen molar-refractivity contribution in [2.75, 3.05) is 6.54 Å². The van der Waals surface area contributed by atoms with Gasteiger partial charge in [-0.2, -0.15) is 0 Å². The summed E-state index contributed by atoms with van der Waals surface area (Å²) in [6, 6.07) is 4.18. The van der Waals surface area contributed by atoms with Crippen molar-refractivity contribution in [1.82, 2.24) is 14.8 Å². The summed E-state index contributed by atoms with van der Waals surface area (Å²) < 4.78 is 2.08.